The van der Waals surface area contributed by atoms with Gasteiger partial charge in [-0.05, 0) is 55.7 Å². The number of hydrogen-bond donors (Lipinski definition) is 4. The zero-order valence-corrected chi connectivity index (χ0v) is 16.9. The van der Waals surface area contributed by atoms with Crippen LogP contribution < -0.4 is 26.6 Å². The molecule has 0 bridgehead atoms. The second-order valence-electron chi connectivity index (χ2n) is 7.18. The molecule has 0 atom stereocenters. The Bertz CT molecular complexity index is 1010. The van der Waals surface area contributed by atoms with Crippen LogP contribution in [0.3, 0.4) is 0 Å². The van der Waals surface area contributed by atoms with Gasteiger partial charge in [-0.15, -0.1) is 5.53 Å². The van der Waals surface area contributed by atoms with Crippen LogP contribution in [0.4, 0.5) is 27.5 Å². The van der Waals surface area contributed by atoms with Crippen molar-refractivity contribution in [2.45, 2.75) is 19.3 Å². The number of carbonyl (C=O) groups excluding carboxylic acids is 1. The van der Waals surface area contributed by atoms with Crippen molar-refractivity contribution in [2.24, 2.45) is 0 Å². The molecule has 9 heteroatoms. The van der Waals surface area contributed by atoms with Gasteiger partial charge in [-0.25, -0.2) is 9.37 Å². The van der Waals surface area contributed by atoms with E-state index in [1.807, 2.05) is 18.2 Å². The largest absolute Gasteiger partial charge is 0.372 e. The van der Waals surface area contributed by atoms with Crippen LogP contribution in [0.1, 0.15) is 29.6 Å². The molecule has 1 amide bonds. The summed E-state index contributed by atoms with van der Waals surface area (Å²) in [4.78, 5) is 22.5. The second-order valence-corrected chi connectivity index (χ2v) is 7.18. The summed E-state index contributed by atoms with van der Waals surface area (Å²) in [5.74, 6) is -0.899. The predicted molar refractivity (Wildman–Crippen MR) is 118 cm³/mol. The summed E-state index contributed by atoms with van der Waals surface area (Å²) in [5.41, 5.74) is 9.88. The summed E-state index contributed by atoms with van der Waals surface area (Å²) >= 11 is 0. The standard InChI is InChI=1S/C22H24FN7O/c23-19-15-24-22(25-17-9-11-18(12-10-17)30-13-5-2-6-14-30)26-20(19)27-29-28-21(31)16-7-3-1-4-8-16/h1,3-4,7-12,15,29H,2,5-6,13-14H2,(H,28,31)(H2,24,25,26,27). The average molecular weight is 421 g/mol. The normalized spacial score (nSPS) is 13.5. The highest BCUT2D eigenvalue weighted by molar-refractivity contribution is 5.93. The van der Waals surface area contributed by atoms with Crippen molar-refractivity contribution in [1.82, 2.24) is 20.9 Å². The average Bonchev–Trinajstić information content (AvgIpc) is 2.82. The Balaban J connectivity index is 1.34. The second kappa shape index (κ2) is 9.86. The molecule has 4 rings (SSSR count). The fourth-order valence-electron chi connectivity index (χ4n) is 3.36. The Morgan fingerprint density at radius 3 is 2.45 bits per heavy atom. The zero-order chi connectivity index (χ0) is 21.5. The van der Waals surface area contributed by atoms with Gasteiger partial charge in [0.2, 0.25) is 5.95 Å². The first-order valence-electron chi connectivity index (χ1n) is 10.2. The van der Waals surface area contributed by atoms with E-state index in [1.54, 1.807) is 24.3 Å². The first-order valence-corrected chi connectivity index (χ1v) is 10.2. The molecule has 1 aliphatic heterocycles. The van der Waals surface area contributed by atoms with E-state index >= 15 is 0 Å². The maximum absolute atomic E-state index is 14.0. The molecule has 1 fully saturated rings. The number of anilines is 4. The van der Waals surface area contributed by atoms with Gasteiger partial charge < -0.3 is 10.2 Å². The van der Waals surface area contributed by atoms with Crippen LogP contribution in [0.2, 0.25) is 0 Å². The van der Waals surface area contributed by atoms with E-state index < -0.39 is 5.82 Å². The fourth-order valence-corrected chi connectivity index (χ4v) is 3.36. The highest BCUT2D eigenvalue weighted by Gasteiger charge is 2.11. The van der Waals surface area contributed by atoms with Gasteiger partial charge >= 0.3 is 0 Å². The van der Waals surface area contributed by atoms with Crippen LogP contribution >= 0.6 is 0 Å². The number of nitrogens with one attached hydrogen (secondary N) is 4. The molecule has 1 aliphatic rings. The number of nitrogens with zero attached hydrogens (tertiary/aromatic N) is 3. The van der Waals surface area contributed by atoms with Crippen molar-refractivity contribution in [3.63, 3.8) is 0 Å². The topological polar surface area (TPSA) is 94.2 Å². The molecule has 0 spiro atoms. The molecular weight excluding hydrogens is 397 g/mol. The highest BCUT2D eigenvalue weighted by Crippen LogP contribution is 2.23. The number of hydrazine groups is 2. The van der Waals surface area contributed by atoms with E-state index in [2.05, 4.69) is 48.7 Å². The van der Waals surface area contributed by atoms with Crippen LogP contribution in [0.5, 0.6) is 0 Å². The lowest BCUT2D eigenvalue weighted by atomic mass is 10.1. The molecule has 1 aromatic heterocycles. The lowest BCUT2D eigenvalue weighted by molar-refractivity contribution is 0.0937. The molecule has 3 aromatic rings. The van der Waals surface area contributed by atoms with Gasteiger partial charge in [-0.1, -0.05) is 18.2 Å². The number of hydrogen-bond acceptors (Lipinski definition) is 7. The molecule has 0 radical (unpaired) electrons. The van der Waals surface area contributed by atoms with Crippen molar-refractivity contribution in [1.29, 1.82) is 0 Å². The highest BCUT2D eigenvalue weighted by atomic mass is 19.1. The van der Waals surface area contributed by atoms with Crippen molar-refractivity contribution in [2.75, 3.05) is 28.7 Å². The Labute approximate surface area is 179 Å². The molecule has 2 aromatic carbocycles. The molecule has 0 unspecified atom stereocenters. The lowest BCUT2D eigenvalue weighted by Gasteiger charge is -2.28. The number of aromatic nitrogens is 2. The van der Waals surface area contributed by atoms with Crippen molar-refractivity contribution < 1.29 is 9.18 Å². The molecule has 1 saturated heterocycles. The third-order valence-electron chi connectivity index (χ3n) is 4.98. The Morgan fingerprint density at radius 1 is 0.968 bits per heavy atom. The third-order valence-corrected chi connectivity index (χ3v) is 4.98. The van der Waals surface area contributed by atoms with Crippen molar-refractivity contribution >= 4 is 29.0 Å². The molecule has 4 N–H and O–H groups in total. The summed E-state index contributed by atoms with van der Waals surface area (Å²) in [7, 11) is 0. The lowest BCUT2D eigenvalue weighted by Crippen LogP contribution is -2.41. The minimum atomic E-state index is -0.660. The molecule has 31 heavy (non-hydrogen) atoms. The number of rotatable bonds is 7. The minimum absolute atomic E-state index is 0.101. The van der Waals surface area contributed by atoms with Crippen LogP contribution in [0.25, 0.3) is 0 Å². The molecule has 0 aliphatic carbocycles. The maximum Gasteiger partial charge on any atom is 0.266 e. The van der Waals surface area contributed by atoms with Crippen molar-refractivity contribution in [3.8, 4) is 0 Å². The number of piperidine rings is 1. The Kier molecular flexibility index (Phi) is 6.53. The predicted octanol–water partition coefficient (Wildman–Crippen LogP) is 3.61. The van der Waals surface area contributed by atoms with Gasteiger partial charge in [-0.3, -0.25) is 15.6 Å². The summed E-state index contributed by atoms with van der Waals surface area (Å²) in [6, 6.07) is 16.7. The van der Waals surface area contributed by atoms with Crippen molar-refractivity contribution in [3.05, 3.63) is 72.2 Å². The van der Waals surface area contributed by atoms with Gasteiger partial charge in [0.1, 0.15) is 0 Å². The Hall–Kier alpha value is -3.72. The number of benzene rings is 2. The summed E-state index contributed by atoms with van der Waals surface area (Å²) < 4.78 is 14.0. The summed E-state index contributed by atoms with van der Waals surface area (Å²) in [6.07, 6.45) is 4.79. The monoisotopic (exact) mass is 421 g/mol. The first-order chi connectivity index (χ1) is 15.2. The van der Waals surface area contributed by atoms with Gasteiger partial charge in [-0.2, -0.15) is 4.98 Å². The smallest absolute Gasteiger partial charge is 0.266 e. The molecular formula is C22H24FN7O. The van der Waals surface area contributed by atoms with E-state index in [4.69, 9.17) is 0 Å². The SMILES string of the molecule is O=C(NNNc1nc(Nc2ccc(N3CCCCC3)cc2)ncc1F)c1ccccc1. The van der Waals surface area contributed by atoms with Crippen LogP contribution in [-0.2, 0) is 0 Å². The zero-order valence-electron chi connectivity index (χ0n) is 16.9. The third kappa shape index (κ3) is 5.46. The minimum Gasteiger partial charge on any atom is -0.372 e. The number of amides is 1. The maximum atomic E-state index is 14.0. The van der Waals surface area contributed by atoms with Crippen LogP contribution in [-0.4, -0.2) is 29.0 Å². The van der Waals surface area contributed by atoms with E-state index in [9.17, 15) is 9.18 Å². The fraction of sp³-hybridized carbons (Fsp3) is 0.227. The van der Waals surface area contributed by atoms with Gasteiger partial charge in [0, 0.05) is 30.0 Å². The number of halogens is 1. The Morgan fingerprint density at radius 2 is 1.71 bits per heavy atom. The van der Waals surface area contributed by atoms with Crippen LogP contribution in [0, 0.1) is 5.82 Å². The molecule has 2 heterocycles. The van der Waals surface area contributed by atoms with E-state index in [0.29, 0.717) is 5.56 Å². The van der Waals surface area contributed by atoms with Gasteiger partial charge in [0.05, 0.1) is 6.20 Å². The molecule has 8 nitrogen and oxygen atoms in total. The van der Waals surface area contributed by atoms with Gasteiger partial charge in [0.25, 0.3) is 5.91 Å². The summed E-state index contributed by atoms with van der Waals surface area (Å²) in [5, 5.41) is 3.06. The van der Waals surface area contributed by atoms with Crippen LogP contribution in [0.15, 0.2) is 60.8 Å². The van der Waals surface area contributed by atoms with E-state index in [1.165, 1.54) is 24.9 Å². The molecule has 0 saturated carbocycles. The van der Waals surface area contributed by atoms with E-state index in [-0.39, 0.29) is 17.7 Å². The van der Waals surface area contributed by atoms with Gasteiger partial charge in [0.15, 0.2) is 11.6 Å². The first kappa shape index (κ1) is 20.5. The quantitative estimate of drug-likeness (QED) is 0.433. The number of carbonyl (C=O) groups is 1. The van der Waals surface area contributed by atoms with E-state index in [0.717, 1.165) is 25.0 Å². The molecule has 160 valence electrons. The summed E-state index contributed by atoms with van der Waals surface area (Å²) in [6.45, 7) is 2.16.